The molecule has 1 heterocycles. The lowest BCUT2D eigenvalue weighted by Crippen LogP contribution is -2.57. The lowest BCUT2D eigenvalue weighted by molar-refractivity contribution is -0.134. The highest BCUT2D eigenvalue weighted by Crippen LogP contribution is 2.33. The van der Waals surface area contributed by atoms with E-state index < -0.39 is 47.0 Å². The van der Waals surface area contributed by atoms with Crippen molar-refractivity contribution >= 4 is 23.5 Å². The lowest BCUT2D eigenvalue weighted by atomic mass is 9.90. The van der Waals surface area contributed by atoms with E-state index >= 15 is 0 Å². The van der Waals surface area contributed by atoms with Crippen molar-refractivity contribution in [2.75, 3.05) is 13.7 Å². The van der Waals surface area contributed by atoms with Gasteiger partial charge >= 0.3 is 0 Å². The van der Waals surface area contributed by atoms with E-state index in [4.69, 9.17) is 9.47 Å². The lowest BCUT2D eigenvalue weighted by Gasteiger charge is -2.27. The Bertz CT molecular complexity index is 1050. The average Bonchev–Trinajstić information content (AvgIpc) is 3.45. The number of rotatable bonds is 15. The number of epoxide rings is 1. The van der Waals surface area contributed by atoms with E-state index in [9.17, 15) is 24.3 Å². The molecule has 1 aliphatic heterocycles. The molecule has 222 valence electrons. The molecule has 5 atom stereocenters. The summed E-state index contributed by atoms with van der Waals surface area (Å²) in [6.07, 6.45) is 5.21. The normalized spacial score (nSPS) is 22.4. The van der Waals surface area contributed by atoms with Crippen molar-refractivity contribution in [3.63, 3.8) is 0 Å². The topological polar surface area (TPSA) is 146 Å². The highest BCUT2D eigenvalue weighted by Gasteiger charge is 2.50. The fourth-order valence-electron chi connectivity index (χ4n) is 5.03. The minimum absolute atomic E-state index is 0.147. The van der Waals surface area contributed by atoms with Crippen LogP contribution in [0.4, 0.5) is 0 Å². The molecule has 0 radical (unpaired) electrons. The van der Waals surface area contributed by atoms with Gasteiger partial charge in [-0.3, -0.25) is 19.2 Å². The Morgan fingerprint density at radius 1 is 1.07 bits per heavy atom. The summed E-state index contributed by atoms with van der Waals surface area (Å²) in [4.78, 5) is 52.4. The van der Waals surface area contributed by atoms with Crippen LogP contribution in [0, 0.1) is 5.92 Å². The first-order valence-corrected chi connectivity index (χ1v) is 14.3. The zero-order chi connectivity index (χ0) is 29.5. The van der Waals surface area contributed by atoms with Crippen molar-refractivity contribution in [3.8, 4) is 5.75 Å². The van der Waals surface area contributed by atoms with Crippen LogP contribution in [0.1, 0.15) is 78.2 Å². The van der Waals surface area contributed by atoms with Gasteiger partial charge in [0.1, 0.15) is 23.4 Å². The van der Waals surface area contributed by atoms with Crippen LogP contribution in [0.2, 0.25) is 0 Å². The van der Waals surface area contributed by atoms with Crippen molar-refractivity contribution in [2.45, 2.75) is 108 Å². The van der Waals surface area contributed by atoms with Crippen LogP contribution < -0.4 is 20.7 Å². The monoisotopic (exact) mass is 559 g/mol. The Labute approximate surface area is 236 Å². The summed E-state index contributed by atoms with van der Waals surface area (Å²) in [5.74, 6) is -0.627. The van der Waals surface area contributed by atoms with Crippen molar-refractivity contribution < 1.29 is 33.8 Å². The molecule has 1 aromatic carbocycles. The molecular formula is C30H45N3O7. The zero-order valence-electron chi connectivity index (χ0n) is 24.4. The first-order valence-electron chi connectivity index (χ1n) is 14.3. The third-order valence-corrected chi connectivity index (χ3v) is 8.08. The third kappa shape index (κ3) is 9.02. The van der Waals surface area contributed by atoms with E-state index in [1.54, 1.807) is 40.0 Å². The SMILES string of the molecule is CCC(C)(O)CC(=O)NC(C)C(=O)NC(Cc1ccc(OC)cc1)C(=O)NC(CC1CCCC1)C(=O)C1(C)CO1. The molecule has 3 rings (SSSR count). The van der Waals surface area contributed by atoms with Crippen molar-refractivity contribution in [2.24, 2.45) is 5.92 Å². The first kappa shape index (κ1) is 31.5. The number of ether oxygens (including phenoxy) is 2. The number of amides is 3. The summed E-state index contributed by atoms with van der Waals surface area (Å²) in [6, 6.07) is 4.50. The molecule has 3 amide bonds. The quantitative estimate of drug-likeness (QED) is 0.241. The maximum absolute atomic E-state index is 13.6. The van der Waals surface area contributed by atoms with E-state index in [1.165, 1.54) is 6.92 Å². The number of carbonyl (C=O) groups excluding carboxylic acids is 4. The van der Waals surface area contributed by atoms with Crippen molar-refractivity contribution in [1.82, 2.24) is 16.0 Å². The number of benzene rings is 1. The van der Waals surface area contributed by atoms with Gasteiger partial charge in [-0.25, -0.2) is 0 Å². The summed E-state index contributed by atoms with van der Waals surface area (Å²) >= 11 is 0. The Morgan fingerprint density at radius 3 is 2.23 bits per heavy atom. The molecule has 1 aromatic rings. The maximum atomic E-state index is 13.6. The van der Waals surface area contributed by atoms with Crippen LogP contribution in [0.5, 0.6) is 5.75 Å². The van der Waals surface area contributed by atoms with Crippen LogP contribution in [0.15, 0.2) is 24.3 Å². The van der Waals surface area contributed by atoms with E-state index in [1.807, 2.05) is 12.1 Å². The second-order valence-corrected chi connectivity index (χ2v) is 11.8. The number of aliphatic hydroxyl groups is 1. The van der Waals surface area contributed by atoms with Crippen molar-refractivity contribution in [1.29, 1.82) is 0 Å². The summed E-state index contributed by atoms with van der Waals surface area (Å²) in [5.41, 5.74) is -1.28. The summed E-state index contributed by atoms with van der Waals surface area (Å²) in [6.45, 7) is 6.92. The molecule has 0 spiro atoms. The number of hydrogen-bond acceptors (Lipinski definition) is 7. The van der Waals surface area contributed by atoms with Gasteiger partial charge in [0, 0.05) is 6.42 Å². The van der Waals surface area contributed by atoms with Crippen LogP contribution >= 0.6 is 0 Å². The Balaban J connectivity index is 1.74. The highest BCUT2D eigenvalue weighted by molar-refractivity contribution is 5.98. The molecule has 1 saturated carbocycles. The van der Waals surface area contributed by atoms with Gasteiger partial charge < -0.3 is 30.5 Å². The molecule has 0 aromatic heterocycles. The Kier molecular flexibility index (Phi) is 10.7. The molecule has 5 unspecified atom stereocenters. The summed E-state index contributed by atoms with van der Waals surface area (Å²) in [5, 5.41) is 18.5. The smallest absolute Gasteiger partial charge is 0.243 e. The zero-order valence-corrected chi connectivity index (χ0v) is 24.4. The summed E-state index contributed by atoms with van der Waals surface area (Å²) in [7, 11) is 1.56. The fourth-order valence-corrected chi connectivity index (χ4v) is 5.03. The van der Waals surface area contributed by atoms with Crippen LogP contribution in [-0.4, -0.2) is 71.7 Å². The predicted molar refractivity (Wildman–Crippen MR) is 150 cm³/mol. The maximum Gasteiger partial charge on any atom is 0.243 e. The van der Waals surface area contributed by atoms with Gasteiger partial charge in [-0.2, -0.15) is 0 Å². The minimum Gasteiger partial charge on any atom is -0.497 e. The standard InChI is InChI=1S/C30H45N3O7/c1-6-29(3,38)17-25(34)31-19(2)27(36)33-24(16-21-11-13-22(39-5)14-12-21)28(37)32-23(15-20-9-7-8-10-20)26(35)30(4)18-40-30/h11-14,19-20,23-24,38H,6-10,15-18H2,1-5H3,(H,31,34)(H,32,37)(H,33,36). The predicted octanol–water partition coefficient (Wildman–Crippen LogP) is 2.20. The van der Waals surface area contributed by atoms with Crippen LogP contribution in [-0.2, 0) is 30.3 Å². The molecule has 40 heavy (non-hydrogen) atoms. The minimum atomic E-state index is -1.18. The highest BCUT2D eigenvalue weighted by atomic mass is 16.6. The number of hydrogen-bond donors (Lipinski definition) is 4. The molecule has 1 saturated heterocycles. The average molecular weight is 560 g/mol. The van der Waals surface area contributed by atoms with Gasteiger partial charge in [-0.1, -0.05) is 44.7 Å². The molecule has 4 N–H and O–H groups in total. The van der Waals surface area contributed by atoms with Gasteiger partial charge in [-0.15, -0.1) is 0 Å². The van der Waals surface area contributed by atoms with Gasteiger partial charge in [0.25, 0.3) is 0 Å². The molecular weight excluding hydrogens is 514 g/mol. The largest absolute Gasteiger partial charge is 0.497 e. The fraction of sp³-hybridized carbons (Fsp3) is 0.667. The second-order valence-electron chi connectivity index (χ2n) is 11.8. The van der Waals surface area contributed by atoms with E-state index in [0.29, 0.717) is 31.1 Å². The molecule has 2 fully saturated rings. The van der Waals surface area contributed by atoms with Gasteiger partial charge in [0.15, 0.2) is 5.78 Å². The van der Waals surface area contributed by atoms with Gasteiger partial charge in [0.2, 0.25) is 17.7 Å². The number of Topliss-reactive ketones (excluding diaryl/α,β-unsaturated/α-hetero) is 1. The van der Waals surface area contributed by atoms with Crippen LogP contribution in [0.3, 0.4) is 0 Å². The molecule has 1 aliphatic carbocycles. The van der Waals surface area contributed by atoms with E-state index in [2.05, 4.69) is 16.0 Å². The second kappa shape index (κ2) is 13.6. The Hall–Kier alpha value is -2.98. The van der Waals surface area contributed by atoms with E-state index in [-0.39, 0.29) is 18.6 Å². The van der Waals surface area contributed by atoms with Gasteiger partial charge in [0.05, 0.1) is 31.8 Å². The molecule has 10 heteroatoms. The third-order valence-electron chi connectivity index (χ3n) is 8.08. The first-order chi connectivity index (χ1) is 18.9. The van der Waals surface area contributed by atoms with Crippen molar-refractivity contribution in [3.05, 3.63) is 29.8 Å². The van der Waals surface area contributed by atoms with Gasteiger partial charge in [-0.05, 0) is 57.2 Å². The van der Waals surface area contributed by atoms with Crippen LogP contribution in [0.25, 0.3) is 0 Å². The molecule has 10 nitrogen and oxygen atoms in total. The number of ketones is 1. The number of carbonyl (C=O) groups is 4. The molecule has 0 bridgehead atoms. The summed E-state index contributed by atoms with van der Waals surface area (Å²) < 4.78 is 10.6. The van der Waals surface area contributed by atoms with E-state index in [0.717, 1.165) is 31.2 Å². The number of nitrogens with one attached hydrogen (secondary N) is 3. The number of methoxy groups -OCH3 is 1. The Morgan fingerprint density at radius 2 is 1.68 bits per heavy atom. The molecule has 2 aliphatic rings.